The number of amides is 1. The van der Waals surface area contributed by atoms with E-state index in [2.05, 4.69) is 5.32 Å². The highest BCUT2D eigenvalue weighted by molar-refractivity contribution is 6.30. The zero-order valence-corrected chi connectivity index (χ0v) is 16.0. The van der Waals surface area contributed by atoms with Crippen LogP contribution in [0.5, 0.6) is 0 Å². The lowest BCUT2D eigenvalue weighted by molar-refractivity contribution is 0.102. The van der Waals surface area contributed by atoms with Crippen molar-refractivity contribution in [1.82, 2.24) is 9.78 Å². The predicted molar refractivity (Wildman–Crippen MR) is 113 cm³/mol. The van der Waals surface area contributed by atoms with Crippen LogP contribution in [0, 0.1) is 6.92 Å². The van der Waals surface area contributed by atoms with Gasteiger partial charge in [0.05, 0.1) is 11.4 Å². The largest absolute Gasteiger partial charge is 0.306 e. The molecule has 0 fully saturated rings. The number of carbonyl (C=O) groups is 1. The van der Waals surface area contributed by atoms with Crippen LogP contribution in [0.2, 0.25) is 5.02 Å². The Bertz CT molecular complexity index is 1120. The maximum absolute atomic E-state index is 12.7. The second kappa shape index (κ2) is 7.71. The maximum atomic E-state index is 12.7. The van der Waals surface area contributed by atoms with Crippen LogP contribution in [0.15, 0.2) is 84.9 Å². The van der Waals surface area contributed by atoms with E-state index >= 15 is 0 Å². The normalized spacial score (nSPS) is 10.6. The summed E-state index contributed by atoms with van der Waals surface area (Å²) in [5, 5.41) is 8.31. The molecule has 3 aromatic carbocycles. The van der Waals surface area contributed by atoms with Crippen molar-refractivity contribution in [2.24, 2.45) is 0 Å². The number of halogens is 1. The lowest BCUT2D eigenvalue weighted by Gasteiger charge is -2.09. The number of anilines is 1. The van der Waals surface area contributed by atoms with Gasteiger partial charge in [-0.1, -0.05) is 59.6 Å². The smallest absolute Gasteiger partial charge is 0.256 e. The Kier molecular flexibility index (Phi) is 4.96. The molecule has 0 saturated carbocycles. The minimum absolute atomic E-state index is 0.185. The molecular formula is C23H18ClN3O. The highest BCUT2D eigenvalue weighted by Crippen LogP contribution is 2.27. The third-order valence-electron chi connectivity index (χ3n) is 4.39. The summed E-state index contributed by atoms with van der Waals surface area (Å²) in [4.78, 5) is 12.7. The minimum atomic E-state index is -0.185. The van der Waals surface area contributed by atoms with Gasteiger partial charge in [0, 0.05) is 22.2 Å². The molecule has 4 aromatic rings. The summed E-state index contributed by atoms with van der Waals surface area (Å²) < 4.78 is 1.72. The summed E-state index contributed by atoms with van der Waals surface area (Å²) in [6.45, 7) is 1.99. The molecule has 1 amide bonds. The summed E-state index contributed by atoms with van der Waals surface area (Å²) in [5.74, 6) is 0.404. The van der Waals surface area contributed by atoms with Gasteiger partial charge < -0.3 is 5.32 Å². The van der Waals surface area contributed by atoms with Crippen LogP contribution < -0.4 is 5.32 Å². The zero-order valence-electron chi connectivity index (χ0n) is 15.3. The molecule has 0 atom stereocenters. The van der Waals surface area contributed by atoms with Crippen LogP contribution >= 0.6 is 11.6 Å². The number of hydrogen-bond acceptors (Lipinski definition) is 2. The van der Waals surface area contributed by atoms with Gasteiger partial charge in [-0.15, -0.1) is 0 Å². The topological polar surface area (TPSA) is 46.9 Å². The van der Waals surface area contributed by atoms with Gasteiger partial charge >= 0.3 is 0 Å². The Morgan fingerprint density at radius 2 is 1.68 bits per heavy atom. The molecule has 0 radical (unpaired) electrons. The molecule has 4 nitrogen and oxygen atoms in total. The highest BCUT2D eigenvalue weighted by Gasteiger charge is 2.15. The highest BCUT2D eigenvalue weighted by atomic mass is 35.5. The van der Waals surface area contributed by atoms with Gasteiger partial charge in [0.2, 0.25) is 0 Å². The molecule has 0 spiro atoms. The molecular weight excluding hydrogens is 370 g/mol. The second-order valence-electron chi connectivity index (χ2n) is 6.49. The standard InChI is InChI=1S/C23H18ClN3O/c1-16-10-12-17(13-11-16)23(28)25-22-15-21(18-6-5-7-19(24)14-18)26-27(22)20-8-3-2-4-9-20/h2-15H,1H3,(H,25,28). The van der Waals surface area contributed by atoms with Crippen LogP contribution in [0.4, 0.5) is 5.82 Å². The van der Waals surface area contributed by atoms with E-state index in [4.69, 9.17) is 16.7 Å². The number of hydrogen-bond donors (Lipinski definition) is 1. The van der Waals surface area contributed by atoms with E-state index in [1.165, 1.54) is 0 Å². The summed E-state index contributed by atoms with van der Waals surface area (Å²) >= 11 is 6.13. The first-order valence-electron chi connectivity index (χ1n) is 8.89. The van der Waals surface area contributed by atoms with Crippen LogP contribution in [-0.2, 0) is 0 Å². The first-order chi connectivity index (χ1) is 13.6. The molecule has 0 aliphatic heterocycles. The Morgan fingerprint density at radius 3 is 2.39 bits per heavy atom. The Balaban J connectivity index is 1.74. The van der Waals surface area contributed by atoms with Crippen molar-refractivity contribution in [2.45, 2.75) is 6.92 Å². The summed E-state index contributed by atoms with van der Waals surface area (Å²) in [6, 6.07) is 26.5. The molecule has 0 aliphatic rings. The predicted octanol–water partition coefficient (Wildman–Crippen LogP) is 5.75. The molecule has 5 heteroatoms. The van der Waals surface area contributed by atoms with Crippen LogP contribution in [0.1, 0.15) is 15.9 Å². The van der Waals surface area contributed by atoms with Gasteiger partial charge in [-0.25, -0.2) is 4.68 Å². The van der Waals surface area contributed by atoms with Gasteiger partial charge in [-0.3, -0.25) is 4.79 Å². The summed E-state index contributed by atoms with van der Waals surface area (Å²) in [5.41, 5.74) is 4.17. The summed E-state index contributed by atoms with van der Waals surface area (Å²) in [7, 11) is 0. The molecule has 138 valence electrons. The zero-order chi connectivity index (χ0) is 19.5. The quantitative estimate of drug-likeness (QED) is 0.484. The summed E-state index contributed by atoms with van der Waals surface area (Å²) in [6.07, 6.45) is 0. The molecule has 0 aliphatic carbocycles. The van der Waals surface area contributed by atoms with Gasteiger partial charge in [-0.2, -0.15) is 5.10 Å². The van der Waals surface area contributed by atoms with E-state index in [9.17, 15) is 4.79 Å². The number of nitrogens with zero attached hydrogens (tertiary/aromatic N) is 2. The third kappa shape index (κ3) is 3.82. The first-order valence-corrected chi connectivity index (χ1v) is 9.27. The van der Waals surface area contributed by atoms with Crippen LogP contribution in [0.25, 0.3) is 16.9 Å². The fourth-order valence-corrected chi connectivity index (χ4v) is 3.11. The van der Waals surface area contributed by atoms with E-state index in [1.54, 1.807) is 4.68 Å². The molecule has 1 aromatic heterocycles. The maximum Gasteiger partial charge on any atom is 0.256 e. The lowest BCUT2D eigenvalue weighted by atomic mass is 10.1. The van der Waals surface area contributed by atoms with Crippen molar-refractivity contribution in [1.29, 1.82) is 0 Å². The number of nitrogens with one attached hydrogen (secondary N) is 1. The van der Waals surface area contributed by atoms with Gasteiger partial charge in [0.1, 0.15) is 5.82 Å². The molecule has 1 heterocycles. The number of aromatic nitrogens is 2. The Morgan fingerprint density at radius 1 is 0.929 bits per heavy atom. The lowest BCUT2D eigenvalue weighted by Crippen LogP contribution is -2.15. The SMILES string of the molecule is Cc1ccc(C(=O)Nc2cc(-c3cccc(Cl)c3)nn2-c2ccccc2)cc1. The van der Waals surface area contributed by atoms with Crippen molar-refractivity contribution in [2.75, 3.05) is 5.32 Å². The monoisotopic (exact) mass is 387 g/mol. The van der Waals surface area contributed by atoms with E-state index in [-0.39, 0.29) is 5.91 Å². The van der Waals surface area contributed by atoms with Gasteiger partial charge in [0.25, 0.3) is 5.91 Å². The van der Waals surface area contributed by atoms with E-state index in [0.717, 1.165) is 22.5 Å². The van der Waals surface area contributed by atoms with E-state index < -0.39 is 0 Å². The number of rotatable bonds is 4. The van der Waals surface area contributed by atoms with Crippen molar-refractivity contribution < 1.29 is 4.79 Å². The van der Waals surface area contributed by atoms with Gasteiger partial charge in [-0.05, 0) is 43.3 Å². The van der Waals surface area contributed by atoms with Crippen molar-refractivity contribution >= 4 is 23.3 Å². The second-order valence-corrected chi connectivity index (χ2v) is 6.93. The molecule has 0 saturated heterocycles. The van der Waals surface area contributed by atoms with Crippen molar-refractivity contribution in [3.63, 3.8) is 0 Å². The number of para-hydroxylation sites is 1. The average molecular weight is 388 g/mol. The number of benzene rings is 3. The molecule has 0 bridgehead atoms. The minimum Gasteiger partial charge on any atom is -0.306 e. The van der Waals surface area contributed by atoms with Gasteiger partial charge in [0.15, 0.2) is 0 Å². The third-order valence-corrected chi connectivity index (χ3v) is 4.62. The number of aryl methyl sites for hydroxylation is 1. The first kappa shape index (κ1) is 18.0. The van der Waals surface area contributed by atoms with E-state index in [0.29, 0.717) is 16.4 Å². The van der Waals surface area contributed by atoms with Crippen LogP contribution in [-0.4, -0.2) is 15.7 Å². The Hall–Kier alpha value is -3.37. The fourth-order valence-electron chi connectivity index (χ4n) is 2.92. The number of carbonyl (C=O) groups excluding carboxylic acids is 1. The molecule has 28 heavy (non-hydrogen) atoms. The average Bonchev–Trinajstić information content (AvgIpc) is 3.13. The van der Waals surface area contributed by atoms with Crippen LogP contribution in [0.3, 0.4) is 0 Å². The van der Waals surface area contributed by atoms with E-state index in [1.807, 2.05) is 91.9 Å². The molecule has 4 rings (SSSR count). The fraction of sp³-hybridized carbons (Fsp3) is 0.0435. The Labute approximate surface area is 168 Å². The van der Waals surface area contributed by atoms with Crippen molar-refractivity contribution in [3.05, 3.63) is 101 Å². The van der Waals surface area contributed by atoms with Crippen molar-refractivity contribution in [3.8, 4) is 16.9 Å². The molecule has 1 N–H and O–H groups in total. The molecule has 0 unspecified atom stereocenters.